The molecule has 0 saturated carbocycles. The Morgan fingerprint density at radius 2 is 2.10 bits per heavy atom. The van der Waals surface area contributed by atoms with Crippen LogP contribution in [0.4, 0.5) is 5.95 Å². The Morgan fingerprint density at radius 3 is 2.80 bits per heavy atom. The second-order valence-electron chi connectivity index (χ2n) is 5.34. The summed E-state index contributed by atoms with van der Waals surface area (Å²) in [6.45, 7) is 7.23. The number of hydrogen-bond donors (Lipinski definition) is 2. The Balaban J connectivity index is 1.78. The fourth-order valence-electron chi connectivity index (χ4n) is 2.54. The molecule has 0 amide bonds. The molecule has 1 aliphatic rings. The molecule has 1 fully saturated rings. The minimum Gasteiger partial charge on any atom is -0.337 e. The maximum absolute atomic E-state index is 4.63. The summed E-state index contributed by atoms with van der Waals surface area (Å²) in [4.78, 5) is 6.85. The molecule has 5 heteroatoms. The van der Waals surface area contributed by atoms with Gasteiger partial charge in [-0.1, -0.05) is 31.2 Å². The van der Waals surface area contributed by atoms with Gasteiger partial charge in [0.1, 0.15) is 0 Å². The van der Waals surface area contributed by atoms with Crippen LogP contribution < -0.4 is 10.2 Å². The van der Waals surface area contributed by atoms with Crippen molar-refractivity contribution in [2.45, 2.75) is 26.3 Å². The largest absolute Gasteiger partial charge is 0.337 e. The van der Waals surface area contributed by atoms with Gasteiger partial charge in [-0.15, -0.1) is 5.10 Å². The summed E-state index contributed by atoms with van der Waals surface area (Å²) < 4.78 is 0. The Labute approximate surface area is 119 Å². The summed E-state index contributed by atoms with van der Waals surface area (Å²) in [5.41, 5.74) is 2.42. The molecule has 1 aliphatic heterocycles. The van der Waals surface area contributed by atoms with Gasteiger partial charge >= 0.3 is 0 Å². The minimum absolute atomic E-state index is 0.481. The lowest BCUT2D eigenvalue weighted by Crippen LogP contribution is -2.49. The van der Waals surface area contributed by atoms with Crippen LogP contribution in [-0.4, -0.2) is 40.9 Å². The predicted octanol–water partition coefficient (Wildman–Crippen LogP) is 1.83. The van der Waals surface area contributed by atoms with E-state index in [1.165, 1.54) is 5.56 Å². The topological polar surface area (TPSA) is 56.8 Å². The normalized spacial score (nSPS) is 19.3. The molecule has 0 radical (unpaired) electrons. The average Bonchev–Trinajstić information content (AvgIpc) is 2.97. The van der Waals surface area contributed by atoms with Crippen molar-refractivity contribution in [2.75, 3.05) is 24.5 Å². The number of piperazine rings is 1. The molecular weight excluding hydrogens is 250 g/mol. The first-order chi connectivity index (χ1) is 9.76. The number of H-pyrrole nitrogens is 1. The molecule has 1 aromatic carbocycles. The van der Waals surface area contributed by atoms with Gasteiger partial charge in [-0.2, -0.15) is 4.98 Å². The molecule has 0 aliphatic carbocycles. The van der Waals surface area contributed by atoms with Gasteiger partial charge in [0, 0.05) is 31.2 Å². The van der Waals surface area contributed by atoms with E-state index < -0.39 is 0 Å². The number of nitrogens with zero attached hydrogens (tertiary/aromatic N) is 3. The molecule has 1 aromatic heterocycles. The minimum atomic E-state index is 0.481. The summed E-state index contributed by atoms with van der Waals surface area (Å²) in [6.07, 6.45) is 1.06. The Hall–Kier alpha value is -1.88. The van der Waals surface area contributed by atoms with E-state index in [0.29, 0.717) is 6.04 Å². The van der Waals surface area contributed by atoms with Gasteiger partial charge in [-0.05, 0) is 18.9 Å². The SMILES string of the molecule is CCc1ccc(-c2nc(N3CCN[C@@H](C)C3)n[nH]2)cc1. The third-order valence-corrected chi connectivity index (χ3v) is 3.76. The number of rotatable bonds is 3. The van der Waals surface area contributed by atoms with Crippen molar-refractivity contribution in [3.63, 3.8) is 0 Å². The van der Waals surface area contributed by atoms with Crippen LogP contribution in [0.5, 0.6) is 0 Å². The molecule has 1 saturated heterocycles. The average molecular weight is 271 g/mol. The van der Waals surface area contributed by atoms with Crippen molar-refractivity contribution >= 4 is 5.95 Å². The number of nitrogens with one attached hydrogen (secondary N) is 2. The molecule has 2 N–H and O–H groups in total. The van der Waals surface area contributed by atoms with E-state index in [0.717, 1.165) is 43.4 Å². The summed E-state index contributed by atoms with van der Waals surface area (Å²) in [5.74, 6) is 1.64. The second-order valence-corrected chi connectivity index (χ2v) is 5.34. The van der Waals surface area contributed by atoms with Gasteiger partial charge < -0.3 is 10.2 Å². The monoisotopic (exact) mass is 271 g/mol. The van der Waals surface area contributed by atoms with Gasteiger partial charge in [0.15, 0.2) is 5.82 Å². The van der Waals surface area contributed by atoms with Crippen molar-refractivity contribution in [2.24, 2.45) is 0 Å². The standard InChI is InChI=1S/C15H21N5/c1-3-12-4-6-13(7-5-12)14-17-15(19-18-14)20-9-8-16-11(2)10-20/h4-7,11,16H,3,8-10H2,1-2H3,(H,17,18,19)/t11-/m0/s1. The fraction of sp³-hybridized carbons (Fsp3) is 0.467. The quantitative estimate of drug-likeness (QED) is 0.894. The van der Waals surface area contributed by atoms with Crippen LogP contribution in [0.3, 0.4) is 0 Å². The van der Waals surface area contributed by atoms with Crippen LogP contribution in [0.25, 0.3) is 11.4 Å². The van der Waals surface area contributed by atoms with Crippen molar-refractivity contribution in [1.29, 1.82) is 0 Å². The molecule has 5 nitrogen and oxygen atoms in total. The molecule has 2 aromatic rings. The van der Waals surface area contributed by atoms with Crippen LogP contribution in [0, 0.1) is 0 Å². The van der Waals surface area contributed by atoms with Crippen molar-refractivity contribution in [1.82, 2.24) is 20.5 Å². The molecule has 106 valence electrons. The lowest BCUT2D eigenvalue weighted by atomic mass is 10.1. The highest BCUT2D eigenvalue weighted by molar-refractivity contribution is 5.56. The van der Waals surface area contributed by atoms with E-state index in [9.17, 15) is 0 Å². The number of aromatic amines is 1. The zero-order valence-electron chi connectivity index (χ0n) is 12.1. The van der Waals surface area contributed by atoms with E-state index in [1.807, 2.05) is 0 Å². The van der Waals surface area contributed by atoms with Crippen molar-refractivity contribution in [3.05, 3.63) is 29.8 Å². The summed E-state index contributed by atoms with van der Waals surface area (Å²) in [6, 6.07) is 8.97. The lowest BCUT2D eigenvalue weighted by Gasteiger charge is -2.30. The molecule has 2 heterocycles. The number of hydrogen-bond acceptors (Lipinski definition) is 4. The van der Waals surface area contributed by atoms with Gasteiger partial charge in [-0.25, -0.2) is 0 Å². The summed E-state index contributed by atoms with van der Waals surface area (Å²) in [7, 11) is 0. The third-order valence-electron chi connectivity index (χ3n) is 3.76. The van der Waals surface area contributed by atoms with Gasteiger partial charge in [0.05, 0.1) is 0 Å². The van der Waals surface area contributed by atoms with Gasteiger partial charge in [0.25, 0.3) is 0 Å². The maximum Gasteiger partial charge on any atom is 0.245 e. The van der Waals surface area contributed by atoms with Gasteiger partial charge in [-0.3, -0.25) is 5.10 Å². The highest BCUT2D eigenvalue weighted by atomic mass is 15.4. The first kappa shape index (κ1) is 13.1. The van der Waals surface area contributed by atoms with Crippen LogP contribution in [0.15, 0.2) is 24.3 Å². The molecule has 0 spiro atoms. The number of aromatic nitrogens is 3. The molecule has 20 heavy (non-hydrogen) atoms. The van der Waals surface area contributed by atoms with E-state index in [1.54, 1.807) is 0 Å². The van der Waals surface area contributed by atoms with Crippen LogP contribution in [0.1, 0.15) is 19.4 Å². The molecule has 0 unspecified atom stereocenters. The molecular formula is C15H21N5. The Bertz CT molecular complexity index is 560. The molecule has 1 atom stereocenters. The lowest BCUT2D eigenvalue weighted by molar-refractivity contribution is 0.480. The first-order valence-corrected chi connectivity index (χ1v) is 7.26. The van der Waals surface area contributed by atoms with E-state index in [2.05, 4.69) is 63.5 Å². The zero-order chi connectivity index (χ0) is 13.9. The van der Waals surface area contributed by atoms with E-state index in [-0.39, 0.29) is 0 Å². The number of anilines is 1. The van der Waals surface area contributed by atoms with Crippen LogP contribution in [0.2, 0.25) is 0 Å². The highest BCUT2D eigenvalue weighted by Crippen LogP contribution is 2.19. The second kappa shape index (κ2) is 5.63. The predicted molar refractivity (Wildman–Crippen MR) is 80.9 cm³/mol. The molecule has 3 rings (SSSR count). The van der Waals surface area contributed by atoms with E-state index in [4.69, 9.17) is 0 Å². The van der Waals surface area contributed by atoms with Crippen molar-refractivity contribution < 1.29 is 0 Å². The maximum atomic E-state index is 4.63. The van der Waals surface area contributed by atoms with Crippen LogP contribution in [-0.2, 0) is 6.42 Å². The van der Waals surface area contributed by atoms with Crippen molar-refractivity contribution in [3.8, 4) is 11.4 Å². The zero-order valence-corrected chi connectivity index (χ0v) is 12.1. The first-order valence-electron chi connectivity index (χ1n) is 7.26. The fourth-order valence-corrected chi connectivity index (χ4v) is 2.54. The number of aryl methyl sites for hydroxylation is 1. The number of benzene rings is 1. The summed E-state index contributed by atoms with van der Waals surface area (Å²) in [5, 5.41) is 10.8. The summed E-state index contributed by atoms with van der Waals surface area (Å²) >= 11 is 0. The molecule has 0 bridgehead atoms. The van der Waals surface area contributed by atoms with E-state index >= 15 is 0 Å². The van der Waals surface area contributed by atoms with Gasteiger partial charge in [0.2, 0.25) is 5.95 Å². The highest BCUT2D eigenvalue weighted by Gasteiger charge is 2.19. The smallest absolute Gasteiger partial charge is 0.245 e. The third kappa shape index (κ3) is 2.67. The Morgan fingerprint density at radius 1 is 1.30 bits per heavy atom. The van der Waals surface area contributed by atoms with Crippen LogP contribution >= 0.6 is 0 Å². The Kier molecular flexibility index (Phi) is 3.69.